The van der Waals surface area contributed by atoms with E-state index in [-0.39, 0.29) is 0 Å². The molecule has 0 saturated heterocycles. The van der Waals surface area contributed by atoms with Gasteiger partial charge in [0, 0.05) is 11.4 Å². The van der Waals surface area contributed by atoms with Gasteiger partial charge in [-0.2, -0.15) is 0 Å². The fourth-order valence-electron chi connectivity index (χ4n) is 2.03. The fraction of sp³-hybridized carbons (Fsp3) is 0. The van der Waals surface area contributed by atoms with Crippen molar-refractivity contribution >= 4 is 34.6 Å². The summed E-state index contributed by atoms with van der Waals surface area (Å²) in [5.41, 5.74) is 12.5. The molecule has 0 aliphatic rings. The molecule has 0 saturated carbocycles. The third-order valence-electron chi connectivity index (χ3n) is 3.19. The summed E-state index contributed by atoms with van der Waals surface area (Å²) in [5.74, 6) is 2.30. The topological polar surface area (TPSA) is 70.5 Å². The smallest absolute Gasteiger partial charge is 0.146 e. The molecule has 0 radical (unpaired) electrons. The lowest BCUT2D eigenvalue weighted by atomic mass is 10.3. The quantitative estimate of drug-likeness (QED) is 0.581. The van der Waals surface area contributed by atoms with Crippen LogP contribution in [-0.4, -0.2) is 0 Å². The molecule has 0 bridgehead atoms. The molecule has 6 heteroatoms. The maximum atomic E-state index is 6.09. The van der Waals surface area contributed by atoms with Gasteiger partial charge in [-0.15, -0.1) is 0 Å². The maximum Gasteiger partial charge on any atom is 0.146 e. The summed E-state index contributed by atoms with van der Waals surface area (Å²) in [7, 11) is 0. The van der Waals surface area contributed by atoms with Crippen LogP contribution in [0.4, 0.5) is 11.4 Å². The normalized spacial score (nSPS) is 10.4. The first-order valence-electron chi connectivity index (χ1n) is 7.07. The van der Waals surface area contributed by atoms with Gasteiger partial charge < -0.3 is 20.9 Å². The summed E-state index contributed by atoms with van der Waals surface area (Å²) in [6.07, 6.45) is 0. The van der Waals surface area contributed by atoms with Crippen molar-refractivity contribution in [3.8, 4) is 23.0 Å². The van der Waals surface area contributed by atoms with Crippen molar-refractivity contribution in [3.05, 3.63) is 70.7 Å². The van der Waals surface area contributed by atoms with Gasteiger partial charge in [0.05, 0.1) is 10.0 Å². The minimum absolute atomic E-state index is 0.448. The molecule has 0 spiro atoms. The Hall–Kier alpha value is -2.56. The van der Waals surface area contributed by atoms with Crippen LogP contribution in [0, 0.1) is 0 Å². The van der Waals surface area contributed by atoms with Gasteiger partial charge in [-0.05, 0) is 60.7 Å². The molecule has 3 rings (SSSR count). The molecule has 24 heavy (non-hydrogen) atoms. The van der Waals surface area contributed by atoms with Gasteiger partial charge in [-0.1, -0.05) is 23.2 Å². The number of hydrogen-bond acceptors (Lipinski definition) is 4. The minimum atomic E-state index is 0.448. The second-order valence-electron chi connectivity index (χ2n) is 5.06. The summed E-state index contributed by atoms with van der Waals surface area (Å²) in [4.78, 5) is 0. The Morgan fingerprint density at radius 1 is 0.583 bits per heavy atom. The SMILES string of the molecule is Nc1ccc(Oc2ccc(Oc3ccc(N)cc3Cl)cc2)c(Cl)c1. The first-order chi connectivity index (χ1) is 11.5. The van der Waals surface area contributed by atoms with Crippen molar-refractivity contribution in [2.45, 2.75) is 0 Å². The van der Waals surface area contributed by atoms with E-state index in [1.54, 1.807) is 60.7 Å². The van der Waals surface area contributed by atoms with Crippen molar-refractivity contribution < 1.29 is 9.47 Å². The molecule has 0 aromatic heterocycles. The Labute approximate surface area is 149 Å². The van der Waals surface area contributed by atoms with Crippen LogP contribution in [0.5, 0.6) is 23.0 Å². The molecule has 0 fully saturated rings. The average molecular weight is 361 g/mol. The number of rotatable bonds is 4. The molecule has 4 nitrogen and oxygen atoms in total. The Kier molecular flexibility index (Phi) is 4.69. The molecule has 0 unspecified atom stereocenters. The predicted octanol–water partition coefficient (Wildman–Crippen LogP) is 5.74. The Morgan fingerprint density at radius 2 is 0.958 bits per heavy atom. The predicted molar refractivity (Wildman–Crippen MR) is 98.3 cm³/mol. The van der Waals surface area contributed by atoms with E-state index < -0.39 is 0 Å². The van der Waals surface area contributed by atoms with Gasteiger partial charge in [0.1, 0.15) is 23.0 Å². The highest BCUT2D eigenvalue weighted by Crippen LogP contribution is 2.34. The summed E-state index contributed by atoms with van der Waals surface area (Å²) in [6.45, 7) is 0. The van der Waals surface area contributed by atoms with Gasteiger partial charge >= 0.3 is 0 Å². The number of nitrogens with two attached hydrogens (primary N) is 2. The first kappa shape index (κ1) is 16.3. The molecular weight excluding hydrogens is 347 g/mol. The van der Waals surface area contributed by atoms with Crippen LogP contribution < -0.4 is 20.9 Å². The lowest BCUT2D eigenvalue weighted by Gasteiger charge is -2.10. The van der Waals surface area contributed by atoms with Gasteiger partial charge in [0.25, 0.3) is 0 Å². The zero-order valence-corrected chi connectivity index (χ0v) is 14.0. The molecule has 0 amide bonds. The standard InChI is InChI=1S/C18H14Cl2N2O2/c19-15-9-11(21)1-7-17(15)23-13-3-5-14(6-4-13)24-18-8-2-12(22)10-16(18)20/h1-10H,21-22H2. The highest BCUT2D eigenvalue weighted by Gasteiger charge is 2.06. The Bertz CT molecular complexity index is 795. The van der Waals surface area contributed by atoms with E-state index in [1.807, 2.05) is 0 Å². The number of ether oxygens (including phenoxy) is 2. The van der Waals surface area contributed by atoms with Crippen molar-refractivity contribution in [1.82, 2.24) is 0 Å². The summed E-state index contributed by atoms with van der Waals surface area (Å²) >= 11 is 12.2. The van der Waals surface area contributed by atoms with Gasteiger partial charge in [-0.25, -0.2) is 0 Å². The van der Waals surface area contributed by atoms with Crippen LogP contribution in [0.2, 0.25) is 10.0 Å². The van der Waals surface area contributed by atoms with Crippen LogP contribution in [0.1, 0.15) is 0 Å². The van der Waals surface area contributed by atoms with E-state index in [4.69, 9.17) is 44.1 Å². The zero-order chi connectivity index (χ0) is 17.1. The molecule has 122 valence electrons. The number of benzene rings is 3. The van der Waals surface area contributed by atoms with Crippen LogP contribution in [0.25, 0.3) is 0 Å². The Balaban J connectivity index is 1.73. The maximum absolute atomic E-state index is 6.09. The van der Waals surface area contributed by atoms with E-state index in [0.29, 0.717) is 44.4 Å². The number of hydrogen-bond donors (Lipinski definition) is 2. The van der Waals surface area contributed by atoms with E-state index in [9.17, 15) is 0 Å². The van der Waals surface area contributed by atoms with E-state index in [0.717, 1.165) is 0 Å². The lowest BCUT2D eigenvalue weighted by molar-refractivity contribution is 0.469. The van der Waals surface area contributed by atoms with Gasteiger partial charge in [0.2, 0.25) is 0 Å². The second kappa shape index (κ2) is 6.91. The summed E-state index contributed by atoms with van der Waals surface area (Å²) in [6, 6.07) is 17.2. The zero-order valence-electron chi connectivity index (χ0n) is 12.5. The van der Waals surface area contributed by atoms with Gasteiger partial charge in [-0.3, -0.25) is 0 Å². The molecule has 3 aromatic rings. The lowest BCUT2D eigenvalue weighted by Crippen LogP contribution is -1.90. The van der Waals surface area contributed by atoms with Crippen molar-refractivity contribution in [2.24, 2.45) is 0 Å². The third-order valence-corrected chi connectivity index (χ3v) is 3.78. The number of nitrogen functional groups attached to an aromatic ring is 2. The average Bonchev–Trinajstić information content (AvgIpc) is 2.54. The first-order valence-corrected chi connectivity index (χ1v) is 7.83. The largest absolute Gasteiger partial charge is 0.456 e. The molecule has 4 N–H and O–H groups in total. The van der Waals surface area contributed by atoms with E-state index >= 15 is 0 Å². The van der Waals surface area contributed by atoms with Crippen molar-refractivity contribution in [2.75, 3.05) is 11.5 Å². The molecule has 3 aromatic carbocycles. The third kappa shape index (κ3) is 3.85. The molecule has 0 heterocycles. The molecule has 0 aliphatic heterocycles. The van der Waals surface area contributed by atoms with Gasteiger partial charge in [0.15, 0.2) is 0 Å². The molecule has 0 atom stereocenters. The fourth-order valence-corrected chi connectivity index (χ4v) is 2.48. The Morgan fingerprint density at radius 3 is 1.29 bits per heavy atom. The highest BCUT2D eigenvalue weighted by molar-refractivity contribution is 6.32. The van der Waals surface area contributed by atoms with E-state index in [1.165, 1.54) is 0 Å². The minimum Gasteiger partial charge on any atom is -0.456 e. The summed E-state index contributed by atoms with van der Waals surface area (Å²) in [5, 5.41) is 0.896. The van der Waals surface area contributed by atoms with Crippen molar-refractivity contribution in [1.29, 1.82) is 0 Å². The van der Waals surface area contributed by atoms with Crippen LogP contribution in [0.15, 0.2) is 60.7 Å². The second-order valence-corrected chi connectivity index (χ2v) is 5.87. The number of anilines is 2. The van der Waals surface area contributed by atoms with E-state index in [2.05, 4.69) is 0 Å². The van der Waals surface area contributed by atoms with Crippen molar-refractivity contribution in [3.63, 3.8) is 0 Å². The highest BCUT2D eigenvalue weighted by atomic mass is 35.5. The molecule has 0 aliphatic carbocycles. The monoisotopic (exact) mass is 360 g/mol. The van der Waals surface area contributed by atoms with Crippen LogP contribution >= 0.6 is 23.2 Å². The van der Waals surface area contributed by atoms with Crippen LogP contribution in [-0.2, 0) is 0 Å². The number of halogens is 2. The summed E-state index contributed by atoms with van der Waals surface area (Å²) < 4.78 is 11.4. The molecular formula is C18H14Cl2N2O2. The van der Waals surface area contributed by atoms with Crippen LogP contribution in [0.3, 0.4) is 0 Å².